The Morgan fingerprint density at radius 1 is 1.16 bits per heavy atom. The molecule has 3 N–H and O–H groups in total. The number of hydrogen-bond donors (Lipinski definition) is 3. The topological polar surface area (TPSA) is 91.9 Å². The lowest BCUT2D eigenvalue weighted by Crippen LogP contribution is -2.14. The molecule has 8 heteroatoms. The Morgan fingerprint density at radius 3 is 2.68 bits per heavy atom. The van der Waals surface area contributed by atoms with Gasteiger partial charge in [0.1, 0.15) is 5.75 Å². The van der Waals surface area contributed by atoms with Crippen LogP contribution in [0.5, 0.6) is 5.75 Å². The Hall–Kier alpha value is -3.06. The number of halogens is 1. The van der Waals surface area contributed by atoms with Crippen molar-refractivity contribution < 1.29 is 9.53 Å². The number of carbonyl (C=O) groups excluding carboxylic acids is 1. The summed E-state index contributed by atoms with van der Waals surface area (Å²) >= 11 is 5.96. The predicted octanol–water partition coefficient (Wildman–Crippen LogP) is 3.85. The number of rotatable bonds is 6. The molecule has 0 radical (unpaired) electrons. The molecule has 7 nitrogen and oxygen atoms in total. The first-order valence-electron chi connectivity index (χ1n) is 7.63. The molecule has 0 fully saturated rings. The zero-order chi connectivity index (χ0) is 17.6. The number of H-pyrrole nitrogens is 1. The molecule has 1 amide bonds. The maximum atomic E-state index is 12.4. The lowest BCUT2D eigenvalue weighted by molar-refractivity contribution is 0.102. The highest BCUT2D eigenvalue weighted by molar-refractivity contribution is 6.30. The third kappa shape index (κ3) is 4.27. The number of benzene rings is 2. The molecule has 0 spiro atoms. The average molecular weight is 358 g/mol. The Morgan fingerprint density at radius 2 is 1.96 bits per heavy atom. The number of anilines is 3. The van der Waals surface area contributed by atoms with Gasteiger partial charge in [-0.25, -0.2) is 0 Å². The van der Waals surface area contributed by atoms with E-state index in [4.69, 9.17) is 16.3 Å². The van der Waals surface area contributed by atoms with Gasteiger partial charge < -0.3 is 15.4 Å². The first-order chi connectivity index (χ1) is 12.2. The first-order valence-corrected chi connectivity index (χ1v) is 8.01. The Bertz CT molecular complexity index is 863. The molecule has 25 heavy (non-hydrogen) atoms. The van der Waals surface area contributed by atoms with Crippen LogP contribution in [0.4, 0.5) is 17.2 Å². The van der Waals surface area contributed by atoms with Crippen LogP contribution in [0.25, 0.3) is 0 Å². The van der Waals surface area contributed by atoms with Gasteiger partial charge in [-0.2, -0.15) is 5.21 Å². The van der Waals surface area contributed by atoms with Crippen molar-refractivity contribution in [2.24, 2.45) is 0 Å². The van der Waals surface area contributed by atoms with Gasteiger partial charge in [-0.3, -0.25) is 4.79 Å². The van der Waals surface area contributed by atoms with E-state index in [1.54, 1.807) is 42.5 Å². The van der Waals surface area contributed by atoms with Crippen LogP contribution in [-0.4, -0.2) is 27.9 Å². The predicted molar refractivity (Wildman–Crippen MR) is 96.7 cm³/mol. The maximum Gasteiger partial charge on any atom is 0.280 e. The fourth-order valence-corrected chi connectivity index (χ4v) is 2.36. The minimum Gasteiger partial charge on any atom is -0.494 e. The summed E-state index contributed by atoms with van der Waals surface area (Å²) in [5.74, 6) is 0.665. The number of ether oxygens (including phenoxy) is 1. The second-order valence-corrected chi connectivity index (χ2v) is 5.50. The third-order valence-corrected chi connectivity index (χ3v) is 3.51. The van der Waals surface area contributed by atoms with Gasteiger partial charge in [-0.1, -0.05) is 17.7 Å². The fraction of sp³-hybridized carbons (Fsp3) is 0.118. The number of hydrogen-bond acceptors (Lipinski definition) is 5. The van der Waals surface area contributed by atoms with Gasteiger partial charge in [-0.05, 0) is 49.4 Å². The SMILES string of the molecule is CCOc1ccc(NC(=O)c2n[nH]nc2Nc2cccc(Cl)c2)cc1. The van der Waals surface area contributed by atoms with Crippen molar-refractivity contribution in [3.8, 4) is 5.75 Å². The molecular weight excluding hydrogens is 342 g/mol. The van der Waals surface area contributed by atoms with Crippen LogP contribution in [0.1, 0.15) is 17.4 Å². The van der Waals surface area contributed by atoms with Crippen LogP contribution >= 0.6 is 11.6 Å². The molecule has 0 aliphatic heterocycles. The Kier molecular flexibility index (Phi) is 5.15. The highest BCUT2D eigenvalue weighted by atomic mass is 35.5. The summed E-state index contributed by atoms with van der Waals surface area (Å²) in [5.41, 5.74) is 1.48. The largest absolute Gasteiger partial charge is 0.494 e. The second-order valence-electron chi connectivity index (χ2n) is 5.07. The highest BCUT2D eigenvalue weighted by Crippen LogP contribution is 2.21. The lowest BCUT2D eigenvalue weighted by atomic mass is 10.3. The minimum atomic E-state index is -0.387. The zero-order valence-electron chi connectivity index (χ0n) is 13.4. The van der Waals surface area contributed by atoms with Crippen molar-refractivity contribution in [1.82, 2.24) is 15.4 Å². The quantitative estimate of drug-likeness (QED) is 0.623. The Labute approximate surface area is 149 Å². The van der Waals surface area contributed by atoms with E-state index in [1.165, 1.54) is 0 Å². The molecule has 0 bridgehead atoms. The molecule has 2 aromatic carbocycles. The van der Waals surface area contributed by atoms with Crippen molar-refractivity contribution >= 4 is 34.7 Å². The van der Waals surface area contributed by atoms with Gasteiger partial charge in [0.25, 0.3) is 5.91 Å². The van der Waals surface area contributed by atoms with Gasteiger partial charge in [0.2, 0.25) is 0 Å². The van der Waals surface area contributed by atoms with E-state index >= 15 is 0 Å². The van der Waals surface area contributed by atoms with Crippen LogP contribution < -0.4 is 15.4 Å². The van der Waals surface area contributed by atoms with Crippen molar-refractivity contribution in [1.29, 1.82) is 0 Å². The molecular formula is C17H16ClN5O2. The summed E-state index contributed by atoms with van der Waals surface area (Å²) in [4.78, 5) is 12.4. The molecule has 0 unspecified atom stereocenters. The smallest absolute Gasteiger partial charge is 0.280 e. The average Bonchev–Trinajstić information content (AvgIpc) is 3.05. The van der Waals surface area contributed by atoms with E-state index in [-0.39, 0.29) is 11.6 Å². The molecule has 0 aliphatic rings. The zero-order valence-corrected chi connectivity index (χ0v) is 14.2. The van der Waals surface area contributed by atoms with Gasteiger partial charge in [0.15, 0.2) is 11.5 Å². The molecule has 3 aromatic rings. The minimum absolute atomic E-state index is 0.147. The Balaban J connectivity index is 1.71. The molecule has 128 valence electrons. The number of carbonyl (C=O) groups is 1. The number of amides is 1. The van der Waals surface area contributed by atoms with Crippen LogP contribution in [0.2, 0.25) is 5.02 Å². The van der Waals surface area contributed by atoms with Gasteiger partial charge in [0, 0.05) is 16.4 Å². The number of nitrogens with zero attached hydrogens (tertiary/aromatic N) is 2. The lowest BCUT2D eigenvalue weighted by Gasteiger charge is -2.07. The summed E-state index contributed by atoms with van der Waals surface area (Å²) in [5, 5.41) is 16.7. The van der Waals surface area contributed by atoms with Gasteiger partial charge >= 0.3 is 0 Å². The van der Waals surface area contributed by atoms with E-state index in [2.05, 4.69) is 26.0 Å². The molecule has 0 atom stereocenters. The van der Waals surface area contributed by atoms with Gasteiger partial charge in [0.05, 0.1) is 6.61 Å². The van der Waals surface area contributed by atoms with Crippen molar-refractivity contribution in [2.75, 3.05) is 17.2 Å². The number of nitrogens with one attached hydrogen (secondary N) is 3. The van der Waals surface area contributed by atoms with E-state index < -0.39 is 0 Å². The van der Waals surface area contributed by atoms with E-state index in [1.807, 2.05) is 13.0 Å². The monoisotopic (exact) mass is 357 g/mol. The molecule has 1 aromatic heterocycles. The van der Waals surface area contributed by atoms with Gasteiger partial charge in [-0.15, -0.1) is 10.2 Å². The second kappa shape index (κ2) is 7.67. The van der Waals surface area contributed by atoms with Crippen molar-refractivity contribution in [2.45, 2.75) is 6.92 Å². The van der Waals surface area contributed by atoms with E-state index in [0.29, 0.717) is 28.8 Å². The van der Waals surface area contributed by atoms with Crippen LogP contribution in [-0.2, 0) is 0 Å². The maximum absolute atomic E-state index is 12.4. The third-order valence-electron chi connectivity index (χ3n) is 3.27. The fourth-order valence-electron chi connectivity index (χ4n) is 2.17. The molecule has 1 heterocycles. The van der Waals surface area contributed by atoms with E-state index in [9.17, 15) is 4.79 Å². The first kappa shape index (κ1) is 16.8. The summed E-state index contributed by atoms with van der Waals surface area (Å²) in [6.45, 7) is 2.50. The molecule has 0 saturated carbocycles. The highest BCUT2D eigenvalue weighted by Gasteiger charge is 2.17. The molecule has 0 saturated heterocycles. The molecule has 0 aliphatic carbocycles. The summed E-state index contributed by atoms with van der Waals surface area (Å²) in [6.07, 6.45) is 0. The van der Waals surface area contributed by atoms with Crippen LogP contribution in [0.15, 0.2) is 48.5 Å². The van der Waals surface area contributed by atoms with Crippen molar-refractivity contribution in [3.63, 3.8) is 0 Å². The van der Waals surface area contributed by atoms with Crippen LogP contribution in [0, 0.1) is 0 Å². The van der Waals surface area contributed by atoms with Crippen molar-refractivity contribution in [3.05, 3.63) is 59.2 Å². The summed E-state index contributed by atoms with van der Waals surface area (Å²) < 4.78 is 5.37. The van der Waals surface area contributed by atoms with E-state index in [0.717, 1.165) is 5.75 Å². The summed E-state index contributed by atoms with van der Waals surface area (Å²) in [7, 11) is 0. The standard InChI is InChI=1S/C17H16ClN5O2/c1-2-25-14-8-6-12(7-9-14)20-17(24)15-16(22-23-21-15)19-13-5-3-4-11(18)10-13/h3-10H,2H2,1H3,(H,20,24)(H2,19,21,22,23). The van der Waals surface area contributed by atoms with Crippen LogP contribution in [0.3, 0.4) is 0 Å². The summed E-state index contributed by atoms with van der Waals surface area (Å²) in [6, 6.07) is 14.2. The normalized spacial score (nSPS) is 10.3. The number of aromatic amines is 1. The number of aromatic nitrogens is 3. The molecule has 3 rings (SSSR count).